The van der Waals surface area contributed by atoms with Gasteiger partial charge in [0, 0.05) is 14.3 Å². The molecule has 2 N–H and O–H groups in total. The summed E-state index contributed by atoms with van der Waals surface area (Å²) in [5.41, 5.74) is 8.05. The fourth-order valence-electron chi connectivity index (χ4n) is 4.81. The van der Waals surface area contributed by atoms with Gasteiger partial charge in [-0.25, -0.2) is 0 Å². The summed E-state index contributed by atoms with van der Waals surface area (Å²) in [6, 6.07) is 7.18. The van der Waals surface area contributed by atoms with Crippen molar-refractivity contribution in [2.45, 2.75) is 61.9 Å². The quantitative estimate of drug-likeness (QED) is 0.471. The number of rotatable bonds is 5. The van der Waals surface area contributed by atoms with Crippen LogP contribution in [0.1, 0.15) is 69.0 Å². The number of aliphatic imine (C=N–C) groups is 1. The van der Waals surface area contributed by atoms with Crippen molar-refractivity contribution in [1.82, 2.24) is 25.6 Å². The number of nitrogens with zero attached hydrogens (tertiary/aromatic N) is 4. The first-order valence-electron chi connectivity index (χ1n) is 11.8. The minimum absolute atomic E-state index is 0. The molecule has 2 aromatic rings. The molecule has 2 aliphatic heterocycles. The second-order valence-electron chi connectivity index (χ2n) is 9.24. The molecule has 0 radical (unpaired) electrons. The second-order valence-corrected chi connectivity index (χ2v) is 11.4. The number of hydrogen-bond donors (Lipinski definition) is 2. The molecule has 1 aromatic heterocycles. The normalized spacial score (nSPS) is 23.0. The van der Waals surface area contributed by atoms with Crippen molar-refractivity contribution < 1.29 is 12.4 Å². The average Bonchev–Trinajstić information content (AvgIpc) is 3.50. The molecule has 1 aromatic carbocycles. The largest absolute Gasteiger partial charge is 0.272 e. The Balaban J connectivity index is 0.00000152. The SMILES string of the molecule is Cc1ccc(C(=O)NNC(=O)CSc2nnc3n2C(C2CC2)=NC2SC4=C(CCCC4)C32)cc1.[HH].[HH]. The van der Waals surface area contributed by atoms with Crippen LogP contribution < -0.4 is 10.9 Å². The van der Waals surface area contributed by atoms with E-state index in [1.165, 1.54) is 35.1 Å². The third kappa shape index (κ3) is 4.07. The minimum atomic E-state index is -0.345. The Morgan fingerprint density at radius 2 is 1.94 bits per heavy atom. The van der Waals surface area contributed by atoms with E-state index in [1.807, 2.05) is 30.8 Å². The third-order valence-corrected chi connectivity index (χ3v) is 9.01. The molecular weight excluding hydrogens is 468 g/mol. The van der Waals surface area contributed by atoms with Gasteiger partial charge >= 0.3 is 0 Å². The molecule has 0 spiro atoms. The van der Waals surface area contributed by atoms with Crippen LogP contribution in [0.2, 0.25) is 0 Å². The van der Waals surface area contributed by atoms with E-state index in [0.717, 1.165) is 42.9 Å². The van der Waals surface area contributed by atoms with Crippen molar-refractivity contribution in [3.63, 3.8) is 0 Å². The molecule has 2 unspecified atom stereocenters. The zero-order valence-corrected chi connectivity index (χ0v) is 20.5. The van der Waals surface area contributed by atoms with Crippen LogP contribution in [0.3, 0.4) is 0 Å². The zero-order chi connectivity index (χ0) is 23.2. The van der Waals surface area contributed by atoms with E-state index >= 15 is 0 Å². The van der Waals surface area contributed by atoms with E-state index in [2.05, 4.69) is 25.6 Å². The summed E-state index contributed by atoms with van der Waals surface area (Å²) >= 11 is 3.26. The van der Waals surface area contributed by atoms with Crippen LogP contribution in [0.25, 0.3) is 0 Å². The number of carbonyl (C=O) groups excluding carboxylic acids is 2. The summed E-state index contributed by atoms with van der Waals surface area (Å²) in [5.74, 6) is 2.18. The van der Waals surface area contributed by atoms with E-state index in [1.54, 1.807) is 12.1 Å². The van der Waals surface area contributed by atoms with E-state index in [0.29, 0.717) is 16.6 Å². The molecule has 6 rings (SSSR count). The Morgan fingerprint density at radius 1 is 1.15 bits per heavy atom. The van der Waals surface area contributed by atoms with Crippen molar-refractivity contribution in [2.24, 2.45) is 10.9 Å². The molecule has 34 heavy (non-hydrogen) atoms. The van der Waals surface area contributed by atoms with Crippen molar-refractivity contribution in [2.75, 3.05) is 5.75 Å². The molecule has 3 heterocycles. The van der Waals surface area contributed by atoms with Gasteiger partial charge in [-0.2, -0.15) is 0 Å². The lowest BCUT2D eigenvalue weighted by Gasteiger charge is -2.27. The van der Waals surface area contributed by atoms with Gasteiger partial charge in [-0.05, 0) is 68.1 Å². The topological polar surface area (TPSA) is 101 Å². The number of hydrazine groups is 1. The molecule has 180 valence electrons. The molecule has 2 aliphatic carbocycles. The fourth-order valence-corrected chi connectivity index (χ4v) is 7.08. The maximum absolute atomic E-state index is 12.4. The summed E-state index contributed by atoms with van der Waals surface area (Å²) in [5, 5.41) is 9.98. The Labute approximate surface area is 209 Å². The van der Waals surface area contributed by atoms with Crippen molar-refractivity contribution in [3.8, 4) is 0 Å². The van der Waals surface area contributed by atoms with Gasteiger partial charge in [0.2, 0.25) is 5.91 Å². The summed E-state index contributed by atoms with van der Waals surface area (Å²) in [6.07, 6.45) is 7.05. The molecule has 10 heteroatoms. The van der Waals surface area contributed by atoms with Gasteiger partial charge in [0.25, 0.3) is 5.91 Å². The van der Waals surface area contributed by atoms with Crippen LogP contribution in [0.4, 0.5) is 0 Å². The van der Waals surface area contributed by atoms with Crippen LogP contribution in [0.5, 0.6) is 0 Å². The fraction of sp³-hybridized carbons (Fsp3) is 0.458. The number of nitrogens with one attached hydrogen (secondary N) is 2. The van der Waals surface area contributed by atoms with E-state index in [4.69, 9.17) is 4.99 Å². The molecule has 8 nitrogen and oxygen atoms in total. The number of benzene rings is 1. The number of amides is 2. The number of hydrogen-bond acceptors (Lipinski definition) is 7. The predicted molar refractivity (Wildman–Crippen MR) is 137 cm³/mol. The monoisotopic (exact) mass is 498 g/mol. The summed E-state index contributed by atoms with van der Waals surface area (Å²) in [6.45, 7) is 1.96. The maximum atomic E-state index is 12.4. The Kier molecular flexibility index (Phi) is 5.73. The molecule has 2 atom stereocenters. The Morgan fingerprint density at radius 3 is 2.74 bits per heavy atom. The highest BCUT2D eigenvalue weighted by Gasteiger charge is 2.46. The molecule has 1 saturated carbocycles. The summed E-state index contributed by atoms with van der Waals surface area (Å²) < 4.78 is 2.12. The van der Waals surface area contributed by atoms with Gasteiger partial charge < -0.3 is 0 Å². The number of allylic oxidation sites excluding steroid dienone is 1. The Hall–Kier alpha value is -2.59. The van der Waals surface area contributed by atoms with Crippen LogP contribution in [0, 0.1) is 12.8 Å². The summed E-state index contributed by atoms with van der Waals surface area (Å²) in [7, 11) is 0. The van der Waals surface area contributed by atoms with Crippen LogP contribution in [-0.2, 0) is 4.79 Å². The zero-order valence-electron chi connectivity index (χ0n) is 18.9. The van der Waals surface area contributed by atoms with Crippen molar-refractivity contribution in [3.05, 3.63) is 51.7 Å². The van der Waals surface area contributed by atoms with Crippen molar-refractivity contribution in [1.29, 1.82) is 0 Å². The number of fused-ring (bicyclic) bond motifs is 4. The third-order valence-electron chi connectivity index (χ3n) is 6.71. The second kappa shape index (κ2) is 8.88. The molecule has 0 bridgehead atoms. The van der Waals surface area contributed by atoms with Gasteiger partial charge in [-0.1, -0.05) is 29.5 Å². The Bertz CT molecular complexity index is 1230. The highest BCUT2D eigenvalue weighted by molar-refractivity contribution is 8.04. The van der Waals surface area contributed by atoms with Gasteiger partial charge in [-0.3, -0.25) is 30.0 Å². The van der Waals surface area contributed by atoms with Crippen LogP contribution in [-0.4, -0.2) is 43.5 Å². The number of aryl methyl sites for hydroxylation is 1. The highest BCUT2D eigenvalue weighted by atomic mass is 32.2. The molecule has 2 amide bonds. The van der Waals surface area contributed by atoms with E-state index in [-0.39, 0.29) is 31.7 Å². The first kappa shape index (κ1) is 21.9. The minimum Gasteiger partial charge on any atom is -0.272 e. The standard InChI is InChI=1S/C24H26N6O2S2.2H2/c1-13-6-8-15(9-7-13)22(32)28-26-18(31)12-33-24-29-27-21-19-16-4-2-3-5-17(16)34-23(19)25-20(30(21)24)14-10-11-14;;/h6-9,14,19,23H,2-5,10-12H2,1H3,(H,26,31)(H,28,32);2*1H. The molecule has 4 aliphatic rings. The van der Waals surface area contributed by atoms with Gasteiger partial charge in [0.1, 0.15) is 17.0 Å². The van der Waals surface area contributed by atoms with E-state index in [9.17, 15) is 9.59 Å². The first-order chi connectivity index (χ1) is 16.6. The highest BCUT2D eigenvalue weighted by Crippen LogP contribution is 2.55. The molecular formula is C24H30N6O2S2. The lowest BCUT2D eigenvalue weighted by Crippen LogP contribution is -2.42. The first-order valence-corrected chi connectivity index (χ1v) is 13.7. The van der Waals surface area contributed by atoms with Crippen LogP contribution >= 0.6 is 23.5 Å². The van der Waals surface area contributed by atoms with Crippen molar-refractivity contribution >= 4 is 41.2 Å². The van der Waals surface area contributed by atoms with Gasteiger partial charge in [-0.15, -0.1) is 22.0 Å². The number of thioether (sulfide) groups is 2. The molecule has 0 saturated heterocycles. The number of aromatic nitrogens is 3. The molecule has 1 fully saturated rings. The summed E-state index contributed by atoms with van der Waals surface area (Å²) in [4.78, 5) is 31.4. The predicted octanol–water partition coefficient (Wildman–Crippen LogP) is 4.29. The van der Waals surface area contributed by atoms with Gasteiger partial charge in [0.05, 0.1) is 11.7 Å². The van der Waals surface area contributed by atoms with Crippen LogP contribution in [0.15, 0.2) is 44.9 Å². The van der Waals surface area contributed by atoms with E-state index < -0.39 is 0 Å². The average molecular weight is 499 g/mol. The van der Waals surface area contributed by atoms with Gasteiger partial charge in [0.15, 0.2) is 5.16 Å². The lowest BCUT2D eigenvalue weighted by atomic mass is 9.88. The smallest absolute Gasteiger partial charge is 0.269 e. The number of carbonyl (C=O) groups is 2. The lowest BCUT2D eigenvalue weighted by molar-refractivity contribution is -0.119. The maximum Gasteiger partial charge on any atom is 0.269 e.